The molecule has 13 heavy (non-hydrogen) atoms. The Morgan fingerprint density at radius 2 is 0.692 bits per heavy atom. The summed E-state index contributed by atoms with van der Waals surface area (Å²) in [4.78, 5) is 0. The minimum absolute atomic E-state index is 0. The van der Waals surface area contributed by atoms with Crippen LogP contribution < -0.4 is 0 Å². The second kappa shape index (κ2) is 38.9. The number of hydrogen-bond acceptors (Lipinski definition) is 2. The van der Waals surface area contributed by atoms with Gasteiger partial charge in [0.15, 0.2) is 0 Å². The predicted octanol–water partition coefficient (Wildman–Crippen LogP) is 2.45. The van der Waals surface area contributed by atoms with E-state index in [-0.39, 0.29) is 33.9 Å². The zero-order valence-electron chi connectivity index (χ0n) is 9.96. The van der Waals surface area contributed by atoms with E-state index in [4.69, 9.17) is 10.2 Å². The van der Waals surface area contributed by atoms with E-state index in [1.54, 1.807) is 41.5 Å². The molecule has 0 aliphatic heterocycles. The topological polar surface area (TPSA) is 40.5 Å². The molecule has 0 aliphatic rings. The Kier molecular flexibility index (Phi) is 87.3. The summed E-state index contributed by atoms with van der Waals surface area (Å²) in [5.41, 5.74) is 0. The van der Waals surface area contributed by atoms with Gasteiger partial charge in [0.25, 0.3) is 0 Å². The van der Waals surface area contributed by atoms with Crippen LogP contribution in [0.1, 0.15) is 41.5 Å². The van der Waals surface area contributed by atoms with Crippen LogP contribution in [0.4, 0.5) is 0 Å². The summed E-state index contributed by atoms with van der Waals surface area (Å²) in [6, 6.07) is 0. The molecule has 0 rings (SSSR count). The van der Waals surface area contributed by atoms with Crippen LogP contribution in [-0.4, -0.2) is 22.4 Å². The molecule has 0 amide bonds. The molecule has 2 N–H and O–H groups in total. The molecule has 0 spiro atoms. The maximum Gasteiger partial charge on any atom is 2.00 e. The summed E-state index contributed by atoms with van der Waals surface area (Å²) in [5, 5.41) is 16.1. The van der Waals surface area contributed by atoms with Crippen molar-refractivity contribution in [2.24, 2.45) is 0 Å². The van der Waals surface area contributed by atoms with E-state index in [2.05, 4.69) is 13.8 Å². The zero-order valence-corrected chi connectivity index (χ0v) is 11.5. The van der Waals surface area contributed by atoms with Crippen molar-refractivity contribution >= 4 is 0 Å². The first-order valence-electron chi connectivity index (χ1n) is 4.24. The largest absolute Gasteiger partial charge is 2.00 e. The van der Waals surface area contributed by atoms with Gasteiger partial charge in [0.1, 0.15) is 0 Å². The van der Waals surface area contributed by atoms with Crippen LogP contribution in [0.3, 0.4) is 0 Å². The van der Waals surface area contributed by atoms with Crippen molar-refractivity contribution in [1.29, 1.82) is 0 Å². The summed E-state index contributed by atoms with van der Waals surface area (Å²) >= 11 is 0. The average molecular weight is 226 g/mol. The maximum atomic E-state index is 8.06. The number of hydrogen-bond donors (Lipinski definition) is 2. The maximum absolute atomic E-state index is 8.06. The third-order valence-electron chi connectivity index (χ3n) is 0. The molecule has 2 nitrogen and oxygen atoms in total. The first-order chi connectivity index (χ1) is 5.46. The number of rotatable bonds is 0. The van der Waals surface area contributed by atoms with E-state index in [1.807, 2.05) is 0 Å². The molecule has 0 heterocycles. The van der Waals surface area contributed by atoms with E-state index in [9.17, 15) is 0 Å². The molecule has 0 aromatic rings. The monoisotopic (exact) mass is 226 g/mol. The van der Waals surface area contributed by atoms with E-state index in [1.165, 1.54) is 0 Å². The van der Waals surface area contributed by atoms with Crippen molar-refractivity contribution in [3.63, 3.8) is 0 Å². The first-order valence-corrected chi connectivity index (χ1v) is 4.24. The van der Waals surface area contributed by atoms with Crippen LogP contribution in [0, 0.1) is 13.8 Å². The first kappa shape index (κ1) is 29.2. The molecule has 0 saturated heterocycles. The fourth-order valence-corrected chi connectivity index (χ4v) is 0. The van der Waals surface area contributed by atoms with Gasteiger partial charge in [0.2, 0.25) is 0 Å². The van der Waals surface area contributed by atoms with Gasteiger partial charge in [-0.3, -0.25) is 0 Å². The normalized spacial score (nSPS) is 6.46. The Hall–Kier alpha value is 0.634. The molecule has 0 atom stereocenters. The van der Waals surface area contributed by atoms with Gasteiger partial charge in [-0.05, 0) is 27.7 Å². The van der Waals surface area contributed by atoms with Crippen LogP contribution in [-0.2, 0) is 21.7 Å². The van der Waals surface area contributed by atoms with Crippen molar-refractivity contribution in [2.45, 2.75) is 53.8 Å². The van der Waals surface area contributed by atoms with Crippen LogP contribution in [0.5, 0.6) is 0 Å². The third kappa shape index (κ3) is 3550. The standard InChI is InChI=1S/2C3H8O.2C2H5.Ti/c2*1-3(2)4;2*1-2;/h2*3-4H,1-2H3;2*1H2,2H3;/q;;2*-1;+2. The van der Waals surface area contributed by atoms with Crippen molar-refractivity contribution < 1.29 is 31.9 Å². The SMILES string of the molecule is CC(C)O.CC(C)O.[CH2-]C.[CH2-]C.[Ti+2]. The smallest absolute Gasteiger partial charge is 0.394 e. The van der Waals surface area contributed by atoms with E-state index in [0.29, 0.717) is 0 Å². The molecule has 0 radical (unpaired) electrons. The molecule has 3 heteroatoms. The average Bonchev–Trinajstić information content (AvgIpc) is 1.93. The van der Waals surface area contributed by atoms with Gasteiger partial charge < -0.3 is 24.1 Å². The molecule has 0 unspecified atom stereocenters. The van der Waals surface area contributed by atoms with Crippen LogP contribution >= 0.6 is 0 Å². The van der Waals surface area contributed by atoms with Gasteiger partial charge in [0.05, 0.1) is 0 Å². The van der Waals surface area contributed by atoms with Gasteiger partial charge in [-0.15, -0.1) is 0 Å². The third-order valence-corrected chi connectivity index (χ3v) is 0. The Labute approximate surface area is 99.6 Å². The molecule has 0 fully saturated rings. The Balaban J connectivity index is -0.0000000226. The minimum atomic E-state index is -0.167. The van der Waals surface area contributed by atoms with E-state index >= 15 is 0 Å². The van der Waals surface area contributed by atoms with Crippen molar-refractivity contribution in [3.05, 3.63) is 13.8 Å². The van der Waals surface area contributed by atoms with Crippen LogP contribution in [0.2, 0.25) is 0 Å². The van der Waals surface area contributed by atoms with Crippen molar-refractivity contribution in [3.8, 4) is 0 Å². The predicted molar refractivity (Wildman–Crippen MR) is 56.8 cm³/mol. The Bertz CT molecular complexity index is 28.4. The summed E-state index contributed by atoms with van der Waals surface area (Å²) in [7, 11) is 0. The van der Waals surface area contributed by atoms with Gasteiger partial charge in [-0.2, -0.15) is 13.8 Å². The molecule has 82 valence electrons. The van der Waals surface area contributed by atoms with Gasteiger partial charge >= 0.3 is 21.7 Å². The molecule has 0 bridgehead atoms. The summed E-state index contributed by atoms with van der Waals surface area (Å²) in [5.74, 6) is 0. The molecule has 0 aliphatic carbocycles. The number of aliphatic hydroxyl groups is 2. The minimum Gasteiger partial charge on any atom is -0.394 e. The van der Waals surface area contributed by atoms with Gasteiger partial charge in [-0.1, -0.05) is 0 Å². The second-order valence-corrected chi connectivity index (χ2v) is 2.19. The molecule has 0 aromatic heterocycles. The number of aliphatic hydroxyl groups excluding tert-OH is 2. The quantitative estimate of drug-likeness (QED) is 0.492. The zero-order chi connectivity index (χ0) is 11.2. The molecule has 0 aromatic carbocycles. The van der Waals surface area contributed by atoms with Gasteiger partial charge in [0, 0.05) is 12.2 Å². The molecule has 0 saturated carbocycles. The summed E-state index contributed by atoms with van der Waals surface area (Å²) in [6.07, 6.45) is -0.333. The van der Waals surface area contributed by atoms with Crippen molar-refractivity contribution in [1.82, 2.24) is 0 Å². The second-order valence-electron chi connectivity index (χ2n) is 2.19. The van der Waals surface area contributed by atoms with E-state index < -0.39 is 0 Å². The summed E-state index contributed by atoms with van der Waals surface area (Å²) < 4.78 is 0. The Morgan fingerprint density at radius 1 is 0.692 bits per heavy atom. The molecular weight excluding hydrogens is 200 g/mol. The fourth-order valence-electron chi connectivity index (χ4n) is 0. The van der Waals surface area contributed by atoms with Gasteiger partial charge in [-0.25, -0.2) is 0 Å². The van der Waals surface area contributed by atoms with Crippen LogP contribution in [0.15, 0.2) is 0 Å². The fraction of sp³-hybridized carbons (Fsp3) is 0.800. The Morgan fingerprint density at radius 3 is 0.692 bits per heavy atom. The summed E-state index contributed by atoms with van der Waals surface area (Å²) in [6.45, 7) is 16.9. The van der Waals surface area contributed by atoms with Crippen LogP contribution in [0.25, 0.3) is 0 Å². The van der Waals surface area contributed by atoms with Crippen molar-refractivity contribution in [2.75, 3.05) is 0 Å². The molecular formula is C10H26O2Ti. The van der Waals surface area contributed by atoms with E-state index in [0.717, 1.165) is 0 Å².